The molecule has 0 radical (unpaired) electrons. The van der Waals surface area contributed by atoms with Crippen LogP contribution in [0.2, 0.25) is 0 Å². The number of carbonyl (C=O) groups is 1. The van der Waals surface area contributed by atoms with Gasteiger partial charge in [0.15, 0.2) is 0 Å². The van der Waals surface area contributed by atoms with Crippen LogP contribution in [0, 0.1) is 0 Å². The van der Waals surface area contributed by atoms with E-state index in [1.807, 2.05) is 29.2 Å². The van der Waals surface area contributed by atoms with E-state index in [0.717, 1.165) is 28.1 Å². The highest BCUT2D eigenvalue weighted by Gasteiger charge is 2.33. The van der Waals surface area contributed by atoms with Crippen molar-refractivity contribution in [1.29, 1.82) is 0 Å². The molecule has 6 nitrogen and oxygen atoms in total. The van der Waals surface area contributed by atoms with Gasteiger partial charge in [-0.1, -0.05) is 12.1 Å². The van der Waals surface area contributed by atoms with Gasteiger partial charge in [0.05, 0.1) is 21.2 Å². The monoisotopic (exact) mass is 443 g/mol. The van der Waals surface area contributed by atoms with Gasteiger partial charge >= 0.3 is 0 Å². The largest absolute Gasteiger partial charge is 0.329 e. The molecule has 1 aliphatic heterocycles. The summed E-state index contributed by atoms with van der Waals surface area (Å²) in [6.45, 7) is 6.04. The zero-order valence-electron chi connectivity index (χ0n) is 17.3. The molecule has 1 fully saturated rings. The summed E-state index contributed by atoms with van der Waals surface area (Å²) < 4.78 is 28.7. The lowest BCUT2D eigenvalue weighted by molar-refractivity contribution is 0.0735. The standard InChI is InChI=1S/C22H25N3O3S2/c1-22(2,3)24-30(27,28)16-12-10-15(11-13-16)21(26)25-14-6-8-18(25)20-23-17-7-4-5-9-19(17)29-20/h4-5,7,9-13,18,24H,6,8,14H2,1-3H3/t18-/m1/s1. The normalized spacial score (nSPS) is 17.6. The molecule has 3 aromatic rings. The summed E-state index contributed by atoms with van der Waals surface area (Å²) >= 11 is 1.63. The molecule has 0 unspecified atom stereocenters. The molecule has 30 heavy (non-hydrogen) atoms. The number of nitrogens with zero attached hydrogens (tertiary/aromatic N) is 2. The van der Waals surface area contributed by atoms with Crippen LogP contribution in [0.15, 0.2) is 53.4 Å². The number of nitrogens with one attached hydrogen (secondary N) is 1. The van der Waals surface area contributed by atoms with E-state index in [9.17, 15) is 13.2 Å². The van der Waals surface area contributed by atoms with Crippen molar-refractivity contribution in [3.63, 3.8) is 0 Å². The number of sulfonamides is 1. The number of hydrogen-bond donors (Lipinski definition) is 1. The van der Waals surface area contributed by atoms with Crippen molar-refractivity contribution in [3.05, 3.63) is 59.1 Å². The smallest absolute Gasteiger partial charge is 0.254 e. The van der Waals surface area contributed by atoms with Crippen LogP contribution in [0.4, 0.5) is 0 Å². The molecule has 1 saturated heterocycles. The van der Waals surface area contributed by atoms with E-state index >= 15 is 0 Å². The zero-order valence-corrected chi connectivity index (χ0v) is 18.9. The predicted octanol–water partition coefficient (Wildman–Crippen LogP) is 4.35. The van der Waals surface area contributed by atoms with Gasteiger partial charge in [0.25, 0.3) is 5.91 Å². The van der Waals surface area contributed by atoms with E-state index in [-0.39, 0.29) is 16.8 Å². The lowest BCUT2D eigenvalue weighted by Crippen LogP contribution is -2.40. The van der Waals surface area contributed by atoms with Gasteiger partial charge in [-0.15, -0.1) is 11.3 Å². The highest BCUT2D eigenvalue weighted by molar-refractivity contribution is 7.89. The van der Waals surface area contributed by atoms with Crippen molar-refractivity contribution in [2.75, 3.05) is 6.54 Å². The van der Waals surface area contributed by atoms with Gasteiger partial charge in [-0.2, -0.15) is 0 Å². The Hall–Kier alpha value is -2.29. The van der Waals surface area contributed by atoms with Gasteiger partial charge in [0.2, 0.25) is 10.0 Å². The van der Waals surface area contributed by atoms with E-state index in [2.05, 4.69) is 4.72 Å². The average Bonchev–Trinajstić information content (AvgIpc) is 3.32. The van der Waals surface area contributed by atoms with Gasteiger partial charge in [-0.05, 0) is 70.0 Å². The molecule has 1 atom stereocenters. The van der Waals surface area contributed by atoms with Crippen LogP contribution < -0.4 is 4.72 Å². The molecule has 0 bridgehead atoms. The summed E-state index contributed by atoms with van der Waals surface area (Å²) in [6, 6.07) is 14.1. The number of rotatable bonds is 4. The third kappa shape index (κ3) is 4.26. The molecule has 158 valence electrons. The summed E-state index contributed by atoms with van der Waals surface area (Å²) in [5.74, 6) is -0.0931. The topological polar surface area (TPSA) is 79.4 Å². The lowest BCUT2D eigenvalue weighted by Gasteiger charge is -2.23. The minimum Gasteiger partial charge on any atom is -0.329 e. The Morgan fingerprint density at radius 2 is 1.83 bits per heavy atom. The minimum absolute atomic E-state index is 0.0409. The maximum Gasteiger partial charge on any atom is 0.254 e. The molecule has 1 aliphatic rings. The number of amides is 1. The number of fused-ring (bicyclic) bond motifs is 1. The number of benzene rings is 2. The second-order valence-electron chi connectivity index (χ2n) is 8.56. The third-order valence-electron chi connectivity index (χ3n) is 4.96. The van der Waals surface area contributed by atoms with Crippen LogP contribution in [0.1, 0.15) is 55.0 Å². The molecule has 0 aliphatic carbocycles. The SMILES string of the molecule is CC(C)(C)NS(=O)(=O)c1ccc(C(=O)N2CCC[C@@H]2c2nc3ccccc3s2)cc1. The van der Waals surface area contributed by atoms with Crippen LogP contribution in [-0.4, -0.2) is 36.3 Å². The van der Waals surface area contributed by atoms with Crippen molar-refractivity contribution in [2.45, 2.75) is 50.1 Å². The average molecular weight is 444 g/mol. The number of aromatic nitrogens is 1. The van der Waals surface area contributed by atoms with Gasteiger partial charge in [-0.3, -0.25) is 4.79 Å². The molecule has 1 aromatic heterocycles. The molecule has 8 heteroatoms. The first-order chi connectivity index (χ1) is 14.1. The van der Waals surface area contributed by atoms with Crippen molar-refractivity contribution in [1.82, 2.24) is 14.6 Å². The third-order valence-corrected chi connectivity index (χ3v) is 7.87. The van der Waals surface area contributed by atoms with Crippen molar-refractivity contribution in [3.8, 4) is 0 Å². The quantitative estimate of drug-likeness (QED) is 0.650. The first-order valence-electron chi connectivity index (χ1n) is 9.94. The fourth-order valence-corrected chi connectivity index (χ4v) is 6.24. The maximum absolute atomic E-state index is 13.2. The summed E-state index contributed by atoms with van der Waals surface area (Å²) in [7, 11) is -3.63. The Bertz CT molecular complexity index is 1150. The summed E-state index contributed by atoms with van der Waals surface area (Å²) in [6.07, 6.45) is 1.81. The number of para-hydroxylation sites is 1. The molecule has 1 amide bonds. The van der Waals surface area contributed by atoms with Crippen molar-refractivity contribution >= 4 is 37.5 Å². The zero-order chi connectivity index (χ0) is 21.5. The Labute approximate surface area is 181 Å². The fraction of sp³-hybridized carbons (Fsp3) is 0.364. The van der Waals surface area contributed by atoms with Gasteiger partial charge < -0.3 is 4.90 Å². The number of hydrogen-bond acceptors (Lipinski definition) is 5. The Kier molecular flexibility index (Phi) is 5.42. The van der Waals surface area contributed by atoms with E-state index < -0.39 is 15.6 Å². The van der Waals surface area contributed by atoms with E-state index in [0.29, 0.717) is 12.1 Å². The van der Waals surface area contributed by atoms with Crippen molar-refractivity contribution in [2.24, 2.45) is 0 Å². The second-order valence-corrected chi connectivity index (χ2v) is 11.3. The molecular weight excluding hydrogens is 418 g/mol. The molecule has 2 aromatic carbocycles. The molecule has 4 rings (SSSR count). The van der Waals surface area contributed by atoms with Crippen molar-refractivity contribution < 1.29 is 13.2 Å². The fourth-order valence-electron chi connectivity index (χ4n) is 3.70. The van der Waals surface area contributed by atoms with E-state index in [4.69, 9.17) is 4.98 Å². The summed E-state index contributed by atoms with van der Waals surface area (Å²) in [4.78, 5) is 19.9. The van der Waals surface area contributed by atoms with Crippen LogP contribution in [0.5, 0.6) is 0 Å². The second kappa shape index (κ2) is 7.76. The van der Waals surface area contributed by atoms with Gasteiger partial charge in [-0.25, -0.2) is 18.1 Å². The van der Waals surface area contributed by atoms with Crippen LogP contribution in [-0.2, 0) is 10.0 Å². The molecular formula is C22H25N3O3S2. The van der Waals surface area contributed by atoms with Crippen LogP contribution in [0.25, 0.3) is 10.2 Å². The van der Waals surface area contributed by atoms with Gasteiger partial charge in [0, 0.05) is 17.6 Å². The molecule has 2 heterocycles. The number of carbonyl (C=O) groups excluding carboxylic acids is 1. The number of likely N-dealkylation sites (tertiary alicyclic amines) is 1. The van der Waals surface area contributed by atoms with Crippen LogP contribution >= 0.6 is 11.3 Å². The first kappa shape index (κ1) is 21.0. The maximum atomic E-state index is 13.2. The predicted molar refractivity (Wildman–Crippen MR) is 119 cm³/mol. The van der Waals surface area contributed by atoms with Gasteiger partial charge in [0.1, 0.15) is 5.01 Å². The minimum atomic E-state index is -3.63. The summed E-state index contributed by atoms with van der Waals surface area (Å²) in [5, 5.41) is 0.954. The lowest BCUT2D eigenvalue weighted by atomic mass is 10.1. The number of thiazole rings is 1. The Morgan fingerprint density at radius 3 is 2.50 bits per heavy atom. The molecule has 0 spiro atoms. The van der Waals surface area contributed by atoms with E-state index in [1.54, 1.807) is 44.2 Å². The highest BCUT2D eigenvalue weighted by Crippen LogP contribution is 2.37. The first-order valence-corrected chi connectivity index (χ1v) is 12.2. The Balaban J connectivity index is 1.56. The van der Waals surface area contributed by atoms with Crippen LogP contribution in [0.3, 0.4) is 0 Å². The van der Waals surface area contributed by atoms with E-state index in [1.165, 1.54) is 12.1 Å². The molecule has 1 N–H and O–H groups in total. The highest BCUT2D eigenvalue weighted by atomic mass is 32.2. The molecule has 0 saturated carbocycles. The Morgan fingerprint density at radius 1 is 1.13 bits per heavy atom. The summed E-state index contributed by atoms with van der Waals surface area (Å²) in [5.41, 5.74) is 0.864.